The van der Waals surface area contributed by atoms with Gasteiger partial charge < -0.3 is 14.8 Å². The summed E-state index contributed by atoms with van der Waals surface area (Å²) < 4.78 is 5.16. The Morgan fingerprint density at radius 2 is 2.19 bits per heavy atom. The Morgan fingerprint density at radius 3 is 2.81 bits per heavy atom. The monoisotopic (exact) mass is 221 g/mol. The van der Waals surface area contributed by atoms with Crippen molar-refractivity contribution in [2.24, 2.45) is 5.16 Å². The van der Waals surface area contributed by atoms with E-state index in [1.807, 2.05) is 12.1 Å². The summed E-state index contributed by atoms with van der Waals surface area (Å²) in [5.74, 6) is 1.41. The maximum atomic E-state index is 8.50. The highest BCUT2D eigenvalue weighted by molar-refractivity contribution is 5.82. The van der Waals surface area contributed by atoms with Gasteiger partial charge in [-0.25, -0.2) is 0 Å². The first kappa shape index (κ1) is 10.7. The number of ether oxygens (including phenoxy) is 1. The average molecular weight is 221 g/mol. The van der Waals surface area contributed by atoms with E-state index in [1.165, 1.54) is 19.1 Å². The van der Waals surface area contributed by atoms with Crippen LogP contribution < -0.4 is 9.64 Å². The van der Waals surface area contributed by atoms with Crippen molar-refractivity contribution in [3.8, 4) is 5.88 Å². The minimum Gasteiger partial charge on any atom is -0.480 e. The predicted molar refractivity (Wildman–Crippen MR) is 61.6 cm³/mol. The summed E-state index contributed by atoms with van der Waals surface area (Å²) in [6.45, 7) is 2.09. The minimum atomic E-state index is 0.488. The van der Waals surface area contributed by atoms with E-state index >= 15 is 0 Å². The molecule has 86 valence electrons. The van der Waals surface area contributed by atoms with Crippen molar-refractivity contribution in [3.63, 3.8) is 0 Å². The molecule has 1 aromatic heterocycles. The molecule has 0 bridgehead atoms. The number of pyridine rings is 1. The molecule has 1 aliphatic rings. The Morgan fingerprint density at radius 1 is 1.44 bits per heavy atom. The standard InChI is InChI=1S/C11H15N3O2/c1-16-11-9(8-12-15)4-5-10(13-11)14-6-2-3-7-14/h4-5,8,15H,2-3,6-7H2,1H3/b12-8+. The first-order chi connectivity index (χ1) is 7.85. The summed E-state index contributed by atoms with van der Waals surface area (Å²) in [5.41, 5.74) is 0.674. The lowest BCUT2D eigenvalue weighted by Gasteiger charge is -2.17. The van der Waals surface area contributed by atoms with Gasteiger partial charge in [0.05, 0.1) is 18.9 Å². The van der Waals surface area contributed by atoms with Crippen molar-refractivity contribution < 1.29 is 9.94 Å². The Balaban J connectivity index is 2.28. The highest BCUT2D eigenvalue weighted by Crippen LogP contribution is 2.22. The van der Waals surface area contributed by atoms with Gasteiger partial charge in [0.2, 0.25) is 5.88 Å². The fraction of sp³-hybridized carbons (Fsp3) is 0.455. The summed E-state index contributed by atoms with van der Waals surface area (Å²) in [7, 11) is 1.56. The van der Waals surface area contributed by atoms with Crippen LogP contribution in [0.4, 0.5) is 5.82 Å². The predicted octanol–water partition coefficient (Wildman–Crippen LogP) is 1.50. The van der Waals surface area contributed by atoms with Gasteiger partial charge in [0.1, 0.15) is 5.82 Å². The number of nitrogens with zero attached hydrogens (tertiary/aromatic N) is 3. The third-order valence-electron chi connectivity index (χ3n) is 2.70. The molecule has 0 aliphatic carbocycles. The van der Waals surface area contributed by atoms with Crippen LogP contribution in [0.25, 0.3) is 0 Å². The van der Waals surface area contributed by atoms with Gasteiger partial charge in [-0.05, 0) is 25.0 Å². The van der Waals surface area contributed by atoms with Crippen molar-refractivity contribution >= 4 is 12.0 Å². The van der Waals surface area contributed by atoms with Gasteiger partial charge in [-0.15, -0.1) is 0 Å². The molecular formula is C11H15N3O2. The summed E-state index contributed by atoms with van der Waals surface area (Å²) >= 11 is 0. The molecule has 1 aliphatic heterocycles. The highest BCUT2D eigenvalue weighted by Gasteiger charge is 2.15. The van der Waals surface area contributed by atoms with Crippen LogP contribution in [0.2, 0.25) is 0 Å². The van der Waals surface area contributed by atoms with Crippen LogP contribution in [0, 0.1) is 0 Å². The van der Waals surface area contributed by atoms with E-state index < -0.39 is 0 Å². The molecular weight excluding hydrogens is 206 g/mol. The molecule has 0 spiro atoms. The van der Waals surface area contributed by atoms with Crippen molar-refractivity contribution in [3.05, 3.63) is 17.7 Å². The molecule has 1 N–H and O–H groups in total. The second kappa shape index (κ2) is 4.83. The Bertz CT molecular complexity index is 387. The third-order valence-corrected chi connectivity index (χ3v) is 2.70. The molecule has 0 saturated carbocycles. The number of hydrogen-bond donors (Lipinski definition) is 1. The van der Waals surface area contributed by atoms with Crippen molar-refractivity contribution in [1.29, 1.82) is 0 Å². The largest absolute Gasteiger partial charge is 0.480 e. The third kappa shape index (κ3) is 2.08. The number of aromatic nitrogens is 1. The zero-order valence-electron chi connectivity index (χ0n) is 9.26. The Labute approximate surface area is 94.4 Å². The molecule has 16 heavy (non-hydrogen) atoms. The number of hydrogen-bond acceptors (Lipinski definition) is 5. The van der Waals surface area contributed by atoms with Crippen molar-refractivity contribution in [1.82, 2.24) is 4.98 Å². The summed E-state index contributed by atoms with van der Waals surface area (Å²) in [5, 5.41) is 11.5. The van der Waals surface area contributed by atoms with Crippen molar-refractivity contribution in [2.75, 3.05) is 25.1 Å². The Hall–Kier alpha value is -1.78. The van der Waals surface area contributed by atoms with Crippen LogP contribution in [-0.2, 0) is 0 Å². The quantitative estimate of drug-likeness (QED) is 0.477. The molecule has 2 rings (SSSR count). The lowest BCUT2D eigenvalue weighted by molar-refractivity contribution is 0.321. The number of anilines is 1. The van der Waals surface area contributed by atoms with E-state index in [-0.39, 0.29) is 0 Å². The molecule has 2 heterocycles. The average Bonchev–Trinajstić information content (AvgIpc) is 2.83. The summed E-state index contributed by atoms with van der Waals surface area (Å²) in [6.07, 6.45) is 3.74. The SMILES string of the molecule is COc1nc(N2CCCC2)ccc1/C=N/O. The van der Waals surface area contributed by atoms with E-state index in [2.05, 4.69) is 15.0 Å². The summed E-state index contributed by atoms with van der Waals surface area (Å²) in [6, 6.07) is 3.77. The maximum Gasteiger partial charge on any atom is 0.224 e. The Kier molecular flexibility index (Phi) is 3.24. The van der Waals surface area contributed by atoms with Crippen LogP contribution in [0.3, 0.4) is 0 Å². The molecule has 5 nitrogen and oxygen atoms in total. The second-order valence-electron chi connectivity index (χ2n) is 3.71. The normalized spacial score (nSPS) is 15.9. The molecule has 0 atom stereocenters. The topological polar surface area (TPSA) is 58.0 Å². The highest BCUT2D eigenvalue weighted by atomic mass is 16.5. The number of oxime groups is 1. The van der Waals surface area contributed by atoms with Gasteiger partial charge in [-0.2, -0.15) is 4.98 Å². The molecule has 5 heteroatoms. The second-order valence-corrected chi connectivity index (χ2v) is 3.71. The zero-order valence-corrected chi connectivity index (χ0v) is 9.26. The molecule has 1 saturated heterocycles. The van der Waals surface area contributed by atoms with Gasteiger partial charge >= 0.3 is 0 Å². The van der Waals surface area contributed by atoms with Gasteiger partial charge in [0.25, 0.3) is 0 Å². The van der Waals surface area contributed by atoms with E-state index in [1.54, 1.807) is 7.11 Å². The van der Waals surface area contributed by atoms with Gasteiger partial charge in [-0.1, -0.05) is 5.16 Å². The maximum absolute atomic E-state index is 8.50. The van der Waals surface area contributed by atoms with Gasteiger partial charge in [0, 0.05) is 13.1 Å². The molecule has 1 aromatic rings. The molecule has 0 amide bonds. The zero-order chi connectivity index (χ0) is 11.4. The van der Waals surface area contributed by atoms with Crippen LogP contribution in [0.1, 0.15) is 18.4 Å². The van der Waals surface area contributed by atoms with E-state index in [0.717, 1.165) is 18.9 Å². The fourth-order valence-electron chi connectivity index (χ4n) is 1.89. The van der Waals surface area contributed by atoms with Crippen LogP contribution in [0.15, 0.2) is 17.3 Å². The number of methoxy groups -OCH3 is 1. The van der Waals surface area contributed by atoms with Crippen LogP contribution >= 0.6 is 0 Å². The fourth-order valence-corrected chi connectivity index (χ4v) is 1.89. The van der Waals surface area contributed by atoms with Crippen LogP contribution in [-0.4, -0.2) is 36.6 Å². The van der Waals surface area contributed by atoms with E-state index in [4.69, 9.17) is 9.94 Å². The van der Waals surface area contributed by atoms with Crippen LogP contribution in [0.5, 0.6) is 5.88 Å². The minimum absolute atomic E-state index is 0.488. The van der Waals surface area contributed by atoms with E-state index in [0.29, 0.717) is 11.4 Å². The summed E-state index contributed by atoms with van der Waals surface area (Å²) in [4.78, 5) is 6.62. The molecule has 1 fully saturated rings. The van der Waals surface area contributed by atoms with Gasteiger partial charge in [0.15, 0.2) is 0 Å². The molecule has 0 unspecified atom stereocenters. The van der Waals surface area contributed by atoms with Gasteiger partial charge in [-0.3, -0.25) is 0 Å². The molecule has 0 aromatic carbocycles. The number of rotatable bonds is 3. The first-order valence-corrected chi connectivity index (χ1v) is 5.32. The smallest absolute Gasteiger partial charge is 0.224 e. The first-order valence-electron chi connectivity index (χ1n) is 5.32. The lowest BCUT2D eigenvalue weighted by Crippen LogP contribution is -2.19. The van der Waals surface area contributed by atoms with Crippen molar-refractivity contribution in [2.45, 2.75) is 12.8 Å². The lowest BCUT2D eigenvalue weighted by atomic mass is 10.3. The molecule has 0 radical (unpaired) electrons. The van der Waals surface area contributed by atoms with E-state index in [9.17, 15) is 0 Å².